The molecular weight excluding hydrogens is 431 g/mol. The van der Waals surface area contributed by atoms with Crippen LogP contribution in [0, 0.1) is 5.82 Å². The second kappa shape index (κ2) is 10.2. The first-order valence-corrected chi connectivity index (χ1v) is 11.2. The van der Waals surface area contributed by atoms with Crippen molar-refractivity contribution >= 4 is 17.5 Å². The van der Waals surface area contributed by atoms with Crippen molar-refractivity contribution in [3.05, 3.63) is 88.1 Å². The Morgan fingerprint density at radius 1 is 1.06 bits per heavy atom. The first-order chi connectivity index (χ1) is 15.5. The molecule has 0 radical (unpaired) electrons. The summed E-state index contributed by atoms with van der Waals surface area (Å²) in [7, 11) is 0. The number of amides is 1. The molecule has 1 aromatic heterocycles. The van der Waals surface area contributed by atoms with Crippen LogP contribution in [0.3, 0.4) is 0 Å². The van der Waals surface area contributed by atoms with Crippen LogP contribution in [0.4, 0.5) is 4.39 Å². The van der Waals surface area contributed by atoms with Crippen LogP contribution in [-0.2, 0) is 19.6 Å². The van der Waals surface area contributed by atoms with Gasteiger partial charge in [0.25, 0.3) is 5.91 Å². The average Bonchev–Trinajstić information content (AvgIpc) is 3.29. The van der Waals surface area contributed by atoms with Crippen LogP contribution >= 0.6 is 11.6 Å². The summed E-state index contributed by atoms with van der Waals surface area (Å²) in [6, 6.07) is 16.1. The zero-order chi connectivity index (χ0) is 22.5. The van der Waals surface area contributed by atoms with E-state index in [9.17, 15) is 9.18 Å². The number of carbonyl (C=O) groups is 1. The van der Waals surface area contributed by atoms with Crippen molar-refractivity contribution in [2.45, 2.75) is 26.5 Å². The topological polar surface area (TPSA) is 45.9 Å². The smallest absolute Gasteiger partial charge is 0.289 e. The zero-order valence-electron chi connectivity index (χ0n) is 18.0. The molecule has 0 spiro atoms. The third-order valence-electron chi connectivity index (χ3n) is 5.69. The van der Waals surface area contributed by atoms with Crippen molar-refractivity contribution in [1.29, 1.82) is 0 Å². The summed E-state index contributed by atoms with van der Waals surface area (Å²) in [6.07, 6.45) is 0.981. The van der Waals surface area contributed by atoms with E-state index in [1.807, 2.05) is 24.3 Å². The Bertz CT molecular complexity index is 1040. The van der Waals surface area contributed by atoms with Crippen molar-refractivity contribution in [3.8, 4) is 5.75 Å². The first-order valence-electron chi connectivity index (χ1n) is 10.8. The Morgan fingerprint density at radius 3 is 2.50 bits per heavy atom. The fourth-order valence-electron chi connectivity index (χ4n) is 3.72. The van der Waals surface area contributed by atoms with E-state index in [1.165, 1.54) is 11.6 Å². The third-order valence-corrected chi connectivity index (χ3v) is 6.04. The number of ether oxygens (including phenoxy) is 1. The van der Waals surface area contributed by atoms with Gasteiger partial charge in [0.15, 0.2) is 5.76 Å². The van der Waals surface area contributed by atoms with Gasteiger partial charge in [0, 0.05) is 43.3 Å². The molecule has 2 aromatic carbocycles. The molecule has 2 heterocycles. The van der Waals surface area contributed by atoms with E-state index in [0.29, 0.717) is 54.8 Å². The molecule has 0 atom stereocenters. The Kier molecular flexibility index (Phi) is 7.12. The summed E-state index contributed by atoms with van der Waals surface area (Å²) in [4.78, 5) is 16.7. The third kappa shape index (κ3) is 5.31. The minimum atomic E-state index is -0.303. The van der Waals surface area contributed by atoms with Crippen LogP contribution in [0.1, 0.15) is 34.4 Å². The summed E-state index contributed by atoms with van der Waals surface area (Å²) in [5.41, 5.74) is 1.74. The first kappa shape index (κ1) is 22.4. The number of benzene rings is 2. The minimum Gasteiger partial charge on any atom is -0.486 e. The van der Waals surface area contributed by atoms with Gasteiger partial charge >= 0.3 is 0 Å². The molecule has 0 saturated carbocycles. The lowest BCUT2D eigenvalue weighted by atomic mass is 10.1. The molecule has 0 bridgehead atoms. The molecule has 4 rings (SSSR count). The number of halogens is 2. The van der Waals surface area contributed by atoms with Crippen molar-refractivity contribution in [1.82, 2.24) is 9.80 Å². The van der Waals surface area contributed by atoms with Gasteiger partial charge in [0.05, 0.1) is 0 Å². The van der Waals surface area contributed by atoms with Crippen LogP contribution in [0.15, 0.2) is 59.0 Å². The van der Waals surface area contributed by atoms with Crippen LogP contribution in [0.2, 0.25) is 5.02 Å². The molecule has 1 amide bonds. The summed E-state index contributed by atoms with van der Waals surface area (Å²) in [5, 5.41) is 0.426. The number of furan rings is 1. The Labute approximate surface area is 192 Å². The van der Waals surface area contributed by atoms with Crippen molar-refractivity contribution in [2.24, 2.45) is 0 Å². The van der Waals surface area contributed by atoms with Gasteiger partial charge in [-0.05, 0) is 48.4 Å². The lowest BCUT2D eigenvalue weighted by molar-refractivity contribution is 0.0593. The van der Waals surface area contributed by atoms with Crippen molar-refractivity contribution in [2.75, 3.05) is 26.2 Å². The summed E-state index contributed by atoms with van der Waals surface area (Å²) >= 11 is 6.13. The SMILES string of the molecule is CCc1ccc(OCc2ccc(C(=O)N3CCN(Cc4c(F)cccc4Cl)CC3)o2)cc1. The monoisotopic (exact) mass is 456 g/mol. The lowest BCUT2D eigenvalue weighted by Gasteiger charge is -2.34. The van der Waals surface area contributed by atoms with Crippen LogP contribution in [-0.4, -0.2) is 41.9 Å². The van der Waals surface area contributed by atoms with Crippen LogP contribution < -0.4 is 4.74 Å². The number of aryl methyl sites for hydroxylation is 1. The normalized spacial score (nSPS) is 14.5. The van der Waals surface area contributed by atoms with Gasteiger partial charge < -0.3 is 14.1 Å². The van der Waals surface area contributed by atoms with E-state index in [1.54, 1.807) is 29.2 Å². The average molecular weight is 457 g/mol. The predicted molar refractivity (Wildman–Crippen MR) is 121 cm³/mol. The van der Waals surface area contributed by atoms with E-state index in [-0.39, 0.29) is 18.3 Å². The largest absolute Gasteiger partial charge is 0.486 e. The van der Waals surface area contributed by atoms with Gasteiger partial charge in [-0.15, -0.1) is 0 Å². The van der Waals surface area contributed by atoms with Gasteiger partial charge in [-0.2, -0.15) is 0 Å². The number of carbonyl (C=O) groups excluding carboxylic acids is 1. The standard InChI is InChI=1S/C25H26ClFN2O3/c1-2-18-6-8-19(9-7-18)31-17-20-10-11-24(32-20)25(30)29-14-12-28(13-15-29)16-21-22(26)4-3-5-23(21)27/h3-11H,2,12-17H2,1H3. The number of hydrogen-bond donors (Lipinski definition) is 0. The molecule has 3 aromatic rings. The van der Waals surface area contributed by atoms with Gasteiger partial charge in [0.2, 0.25) is 0 Å². The highest BCUT2D eigenvalue weighted by Gasteiger charge is 2.25. The fourth-order valence-corrected chi connectivity index (χ4v) is 3.94. The Balaban J connectivity index is 1.28. The van der Waals surface area contributed by atoms with E-state index in [0.717, 1.165) is 12.2 Å². The fraction of sp³-hybridized carbons (Fsp3) is 0.320. The molecule has 0 unspecified atom stereocenters. The molecule has 1 aliphatic heterocycles. The maximum Gasteiger partial charge on any atom is 0.289 e. The second-order valence-electron chi connectivity index (χ2n) is 7.82. The molecular formula is C25H26ClFN2O3. The maximum atomic E-state index is 14.0. The Hall–Kier alpha value is -2.83. The van der Waals surface area contributed by atoms with Gasteiger partial charge in [-0.1, -0.05) is 36.7 Å². The van der Waals surface area contributed by atoms with Gasteiger partial charge in [-0.3, -0.25) is 9.69 Å². The summed E-state index contributed by atoms with van der Waals surface area (Å²) in [5.74, 6) is 1.21. The molecule has 0 aliphatic carbocycles. The quantitative estimate of drug-likeness (QED) is 0.492. The van der Waals surface area contributed by atoms with E-state index >= 15 is 0 Å². The van der Waals surface area contributed by atoms with Gasteiger partial charge in [0.1, 0.15) is 23.9 Å². The molecule has 1 aliphatic rings. The molecule has 5 nitrogen and oxygen atoms in total. The number of nitrogens with zero attached hydrogens (tertiary/aromatic N) is 2. The van der Waals surface area contributed by atoms with E-state index in [2.05, 4.69) is 11.8 Å². The molecule has 0 N–H and O–H groups in total. The zero-order valence-corrected chi connectivity index (χ0v) is 18.8. The van der Waals surface area contributed by atoms with Crippen molar-refractivity contribution < 1.29 is 18.3 Å². The highest BCUT2D eigenvalue weighted by molar-refractivity contribution is 6.31. The van der Waals surface area contributed by atoms with Crippen molar-refractivity contribution in [3.63, 3.8) is 0 Å². The molecule has 1 fully saturated rings. The molecule has 1 saturated heterocycles. The predicted octanol–water partition coefficient (Wildman–Crippen LogP) is 5.17. The maximum absolute atomic E-state index is 14.0. The van der Waals surface area contributed by atoms with Crippen LogP contribution in [0.25, 0.3) is 0 Å². The number of hydrogen-bond acceptors (Lipinski definition) is 4. The minimum absolute atomic E-state index is 0.146. The lowest BCUT2D eigenvalue weighted by Crippen LogP contribution is -2.48. The molecule has 168 valence electrons. The van der Waals surface area contributed by atoms with Gasteiger partial charge in [-0.25, -0.2) is 4.39 Å². The highest BCUT2D eigenvalue weighted by atomic mass is 35.5. The summed E-state index contributed by atoms with van der Waals surface area (Å²) < 4.78 is 25.5. The Morgan fingerprint density at radius 2 is 1.81 bits per heavy atom. The van der Waals surface area contributed by atoms with Crippen LogP contribution in [0.5, 0.6) is 5.75 Å². The molecule has 32 heavy (non-hydrogen) atoms. The van der Waals surface area contributed by atoms with E-state index < -0.39 is 0 Å². The second-order valence-corrected chi connectivity index (χ2v) is 8.23. The number of piperazine rings is 1. The molecule has 7 heteroatoms. The summed E-state index contributed by atoms with van der Waals surface area (Å²) in [6.45, 7) is 5.16. The highest BCUT2D eigenvalue weighted by Crippen LogP contribution is 2.22. The van der Waals surface area contributed by atoms with E-state index in [4.69, 9.17) is 20.8 Å². The number of rotatable bonds is 7.